The second kappa shape index (κ2) is 13.4. The van der Waals surface area contributed by atoms with Crippen molar-refractivity contribution in [2.45, 2.75) is 56.8 Å². The van der Waals surface area contributed by atoms with E-state index in [1.807, 2.05) is 0 Å². The molecule has 0 amide bonds. The number of fused-ring (bicyclic) bond motifs is 9. The summed E-state index contributed by atoms with van der Waals surface area (Å²) in [5.41, 5.74) is 20.4. The van der Waals surface area contributed by atoms with Gasteiger partial charge in [0.1, 0.15) is 0 Å². The van der Waals surface area contributed by atoms with Gasteiger partial charge in [0.2, 0.25) is 0 Å². The van der Waals surface area contributed by atoms with E-state index < -0.39 is 0 Å². The topological polar surface area (TPSA) is 3.24 Å². The smallest absolute Gasteiger partial charge is 0.0468 e. The van der Waals surface area contributed by atoms with Gasteiger partial charge in [0.25, 0.3) is 0 Å². The number of benzene rings is 9. The van der Waals surface area contributed by atoms with Gasteiger partial charge < -0.3 is 4.90 Å². The highest BCUT2D eigenvalue weighted by Crippen LogP contribution is 2.69. The second-order valence-corrected chi connectivity index (χ2v) is 20.5. The standard InChI is InChI=1S/C63H51N/c1-62(2)58-20-9-7-17-54(58)57-19-11-18-56(61(57)62)52-15-6-5-14-50(52)42-24-26-46(27-25-42)64(47-28-30-51-43(37-47)23-22-41-12-3-4-13-49(41)51)48-29-31-55-53-16-8-10-21-59(53)63(60(55)38-48)44-33-39-32-40(35-44)36-45(63)34-39/h3-31,37-40,44-45H,32-36H2,1-2H3. The molecule has 6 aliphatic rings. The van der Waals surface area contributed by atoms with Gasteiger partial charge >= 0.3 is 0 Å². The number of hydrogen-bond acceptors (Lipinski definition) is 1. The normalized spacial score (nSPS) is 22.7. The van der Waals surface area contributed by atoms with Crippen LogP contribution in [-0.2, 0) is 10.8 Å². The van der Waals surface area contributed by atoms with Crippen LogP contribution >= 0.6 is 0 Å². The molecule has 64 heavy (non-hydrogen) atoms. The summed E-state index contributed by atoms with van der Waals surface area (Å²) in [6, 6.07) is 71.9. The molecule has 1 nitrogen and oxygen atoms in total. The van der Waals surface area contributed by atoms with Crippen molar-refractivity contribution >= 4 is 38.6 Å². The molecule has 6 aliphatic carbocycles. The number of rotatable bonds is 5. The van der Waals surface area contributed by atoms with Crippen molar-refractivity contribution in [2.75, 3.05) is 4.90 Å². The van der Waals surface area contributed by atoms with E-state index in [1.165, 1.54) is 126 Å². The molecule has 0 saturated heterocycles. The Morgan fingerprint density at radius 3 is 1.67 bits per heavy atom. The first-order valence-electron chi connectivity index (χ1n) is 23.8. The first-order valence-corrected chi connectivity index (χ1v) is 23.8. The predicted octanol–water partition coefficient (Wildman–Crippen LogP) is 16.8. The molecule has 1 spiro atoms. The highest BCUT2D eigenvalue weighted by atomic mass is 15.1. The van der Waals surface area contributed by atoms with E-state index in [-0.39, 0.29) is 10.8 Å². The van der Waals surface area contributed by atoms with Gasteiger partial charge in [0.05, 0.1) is 0 Å². The molecule has 0 heterocycles. The largest absolute Gasteiger partial charge is 0.310 e. The fourth-order valence-corrected chi connectivity index (χ4v) is 14.7. The Kier molecular flexibility index (Phi) is 7.70. The zero-order valence-electron chi connectivity index (χ0n) is 36.7. The molecule has 4 bridgehead atoms. The Balaban J connectivity index is 0.924. The zero-order chi connectivity index (χ0) is 42.3. The third-order valence-electron chi connectivity index (χ3n) is 17.0. The summed E-state index contributed by atoms with van der Waals surface area (Å²) in [5, 5.41) is 5.14. The van der Waals surface area contributed by atoms with Gasteiger partial charge in [-0.25, -0.2) is 0 Å². The van der Waals surface area contributed by atoms with Crippen LogP contribution in [0.1, 0.15) is 68.2 Å². The fourth-order valence-electron chi connectivity index (χ4n) is 14.7. The fraction of sp³-hybridized carbons (Fsp3) is 0.206. The summed E-state index contributed by atoms with van der Waals surface area (Å²) in [4.78, 5) is 2.54. The summed E-state index contributed by atoms with van der Waals surface area (Å²) >= 11 is 0. The third kappa shape index (κ3) is 5.02. The minimum absolute atomic E-state index is 0.0986. The molecule has 0 aliphatic heterocycles. The van der Waals surface area contributed by atoms with Crippen LogP contribution in [0.15, 0.2) is 188 Å². The van der Waals surface area contributed by atoms with Crippen molar-refractivity contribution in [3.8, 4) is 44.5 Å². The van der Waals surface area contributed by atoms with Crippen LogP contribution in [0.4, 0.5) is 17.1 Å². The van der Waals surface area contributed by atoms with Gasteiger partial charge in [0.15, 0.2) is 0 Å². The predicted molar refractivity (Wildman–Crippen MR) is 268 cm³/mol. The summed E-state index contributed by atoms with van der Waals surface area (Å²) in [5.74, 6) is 3.25. The Morgan fingerprint density at radius 1 is 0.375 bits per heavy atom. The zero-order valence-corrected chi connectivity index (χ0v) is 36.7. The lowest BCUT2D eigenvalue weighted by Gasteiger charge is -2.61. The minimum atomic E-state index is -0.0986. The molecule has 4 fully saturated rings. The molecule has 308 valence electrons. The third-order valence-corrected chi connectivity index (χ3v) is 17.0. The van der Waals surface area contributed by atoms with Crippen LogP contribution in [0.25, 0.3) is 66.1 Å². The van der Waals surface area contributed by atoms with Crippen molar-refractivity contribution < 1.29 is 0 Å². The Bertz CT molecular complexity index is 3360. The average Bonchev–Trinajstić information content (AvgIpc) is 3.76. The molecule has 0 N–H and O–H groups in total. The SMILES string of the molecule is CC1(C)c2ccccc2-c2cccc(-c3ccccc3-c3ccc(N(c4ccc5c(c4)C4(c6ccccc6-5)C5CC6CC(C5)CC4C6)c4ccc5c(ccc6ccccc65)c4)cc3)c21. The van der Waals surface area contributed by atoms with Crippen LogP contribution in [0.2, 0.25) is 0 Å². The number of hydrogen-bond donors (Lipinski definition) is 0. The van der Waals surface area contributed by atoms with Gasteiger partial charge in [-0.1, -0.05) is 166 Å². The number of nitrogens with zero attached hydrogens (tertiary/aromatic N) is 1. The molecule has 9 aromatic rings. The molecule has 1 heteroatoms. The summed E-state index contributed by atoms with van der Waals surface area (Å²) in [6.45, 7) is 4.79. The van der Waals surface area contributed by atoms with Crippen molar-refractivity contribution in [1.82, 2.24) is 0 Å². The summed E-state index contributed by atoms with van der Waals surface area (Å²) < 4.78 is 0. The lowest BCUT2D eigenvalue weighted by Crippen LogP contribution is -2.55. The van der Waals surface area contributed by atoms with Crippen molar-refractivity contribution in [1.29, 1.82) is 0 Å². The van der Waals surface area contributed by atoms with E-state index in [9.17, 15) is 0 Å². The molecule has 15 rings (SSSR count). The second-order valence-electron chi connectivity index (χ2n) is 20.5. The molecular formula is C63H51N. The molecule has 0 atom stereocenters. The van der Waals surface area contributed by atoms with Crippen LogP contribution in [-0.4, -0.2) is 0 Å². The van der Waals surface area contributed by atoms with E-state index in [4.69, 9.17) is 0 Å². The maximum Gasteiger partial charge on any atom is 0.0468 e. The van der Waals surface area contributed by atoms with Crippen LogP contribution in [0.3, 0.4) is 0 Å². The van der Waals surface area contributed by atoms with Gasteiger partial charge in [0, 0.05) is 27.9 Å². The summed E-state index contributed by atoms with van der Waals surface area (Å²) in [7, 11) is 0. The Morgan fingerprint density at radius 2 is 0.906 bits per heavy atom. The first kappa shape index (κ1) is 36.8. The van der Waals surface area contributed by atoms with E-state index in [1.54, 1.807) is 11.1 Å². The average molecular weight is 822 g/mol. The minimum Gasteiger partial charge on any atom is -0.310 e. The summed E-state index contributed by atoms with van der Waals surface area (Å²) in [6.07, 6.45) is 6.99. The van der Waals surface area contributed by atoms with E-state index in [2.05, 4.69) is 207 Å². The van der Waals surface area contributed by atoms with Gasteiger partial charge in [-0.15, -0.1) is 0 Å². The maximum absolute atomic E-state index is 2.64. The quantitative estimate of drug-likeness (QED) is 0.156. The first-order chi connectivity index (χ1) is 31.4. The molecule has 9 aromatic carbocycles. The van der Waals surface area contributed by atoms with Gasteiger partial charge in [-0.2, -0.15) is 0 Å². The van der Waals surface area contributed by atoms with Gasteiger partial charge in [-0.3, -0.25) is 0 Å². The molecule has 0 aromatic heterocycles. The van der Waals surface area contributed by atoms with Crippen molar-refractivity contribution in [3.63, 3.8) is 0 Å². The van der Waals surface area contributed by atoms with E-state index in [0.717, 1.165) is 11.8 Å². The Hall–Kier alpha value is -6.70. The molecule has 0 radical (unpaired) electrons. The monoisotopic (exact) mass is 821 g/mol. The Labute approximate surface area is 377 Å². The van der Waals surface area contributed by atoms with Crippen LogP contribution < -0.4 is 4.90 Å². The molecular weight excluding hydrogens is 771 g/mol. The highest BCUT2D eigenvalue weighted by molar-refractivity contribution is 6.08. The lowest BCUT2D eigenvalue weighted by molar-refractivity contribution is -0.0399. The number of anilines is 3. The lowest BCUT2D eigenvalue weighted by atomic mass is 9.43. The molecule has 4 saturated carbocycles. The maximum atomic E-state index is 2.64. The van der Waals surface area contributed by atoms with Crippen molar-refractivity contribution in [3.05, 3.63) is 210 Å². The van der Waals surface area contributed by atoms with Crippen LogP contribution in [0, 0.1) is 23.7 Å². The molecule has 0 unspecified atom stereocenters. The van der Waals surface area contributed by atoms with Crippen LogP contribution in [0.5, 0.6) is 0 Å². The van der Waals surface area contributed by atoms with E-state index in [0.29, 0.717) is 11.8 Å². The van der Waals surface area contributed by atoms with E-state index >= 15 is 0 Å². The highest BCUT2D eigenvalue weighted by Gasteiger charge is 2.61. The van der Waals surface area contributed by atoms with Crippen molar-refractivity contribution in [2.24, 2.45) is 23.7 Å². The van der Waals surface area contributed by atoms with Gasteiger partial charge in [-0.05, 0) is 180 Å².